The first kappa shape index (κ1) is 16.2. The highest BCUT2D eigenvalue weighted by Gasteiger charge is 2.12. The molecule has 2 rings (SSSR count). The Morgan fingerprint density at radius 2 is 1.74 bits per heavy atom. The molecule has 0 atom stereocenters. The molecule has 0 spiro atoms. The van der Waals surface area contributed by atoms with E-state index in [0.717, 1.165) is 0 Å². The van der Waals surface area contributed by atoms with Gasteiger partial charge in [0.1, 0.15) is 11.5 Å². The maximum atomic E-state index is 11.2. The fourth-order valence-electron chi connectivity index (χ4n) is 1.71. The lowest BCUT2D eigenvalue weighted by atomic mass is 10.3. The molecule has 0 amide bonds. The summed E-state index contributed by atoms with van der Waals surface area (Å²) >= 11 is 0. The zero-order chi connectivity index (χ0) is 16.7. The second-order valence-electron chi connectivity index (χ2n) is 4.49. The first-order chi connectivity index (χ1) is 11.1. The van der Waals surface area contributed by atoms with E-state index in [4.69, 9.17) is 14.2 Å². The highest BCUT2D eigenvalue weighted by atomic mass is 16.6. The average molecular weight is 314 g/mol. The highest BCUT2D eigenvalue weighted by molar-refractivity contribution is 6.25. The summed E-state index contributed by atoms with van der Waals surface area (Å²) in [5.41, 5.74) is 0. The van der Waals surface area contributed by atoms with Crippen molar-refractivity contribution in [2.75, 3.05) is 6.61 Å². The molecule has 6 nitrogen and oxygen atoms in total. The van der Waals surface area contributed by atoms with Gasteiger partial charge in [0.05, 0.1) is 0 Å². The molecule has 118 valence electrons. The highest BCUT2D eigenvalue weighted by Crippen LogP contribution is 2.33. The minimum atomic E-state index is -0.719. The van der Waals surface area contributed by atoms with Crippen molar-refractivity contribution < 1.29 is 28.6 Å². The van der Waals surface area contributed by atoms with Crippen LogP contribution in [0.3, 0.4) is 0 Å². The zero-order valence-electron chi connectivity index (χ0n) is 12.4. The second kappa shape index (κ2) is 7.74. The molecule has 0 aromatic heterocycles. The van der Waals surface area contributed by atoms with Crippen LogP contribution >= 0.6 is 0 Å². The maximum absolute atomic E-state index is 11.2. The predicted octanol–water partition coefficient (Wildman–Crippen LogP) is 2.55. The van der Waals surface area contributed by atoms with Crippen molar-refractivity contribution in [3.8, 4) is 23.0 Å². The zero-order valence-corrected chi connectivity index (χ0v) is 12.4. The van der Waals surface area contributed by atoms with Crippen LogP contribution in [0.5, 0.6) is 23.0 Å². The summed E-state index contributed by atoms with van der Waals surface area (Å²) in [6.07, 6.45) is 0.165. The van der Waals surface area contributed by atoms with Gasteiger partial charge in [-0.05, 0) is 24.3 Å². The van der Waals surface area contributed by atoms with Gasteiger partial charge in [-0.15, -0.1) is 0 Å². The summed E-state index contributed by atoms with van der Waals surface area (Å²) in [4.78, 5) is 32.5. The van der Waals surface area contributed by atoms with Crippen LogP contribution in [0, 0.1) is 0 Å². The van der Waals surface area contributed by atoms with Gasteiger partial charge in [-0.3, -0.25) is 14.4 Å². The van der Waals surface area contributed by atoms with E-state index in [1.54, 1.807) is 18.2 Å². The van der Waals surface area contributed by atoms with Gasteiger partial charge < -0.3 is 14.2 Å². The number of esters is 1. The summed E-state index contributed by atoms with van der Waals surface area (Å²) in [5.74, 6) is 0.0462. The number of hydrogen-bond donors (Lipinski definition) is 0. The molecule has 0 N–H and O–H groups in total. The molecule has 23 heavy (non-hydrogen) atoms. The van der Waals surface area contributed by atoms with Crippen LogP contribution in [0.2, 0.25) is 0 Å². The normalized spacial score (nSPS) is 9.78. The van der Waals surface area contributed by atoms with Gasteiger partial charge in [0, 0.05) is 13.0 Å². The van der Waals surface area contributed by atoms with E-state index in [2.05, 4.69) is 0 Å². The summed E-state index contributed by atoms with van der Waals surface area (Å²) in [6, 6.07) is 13.6. The van der Waals surface area contributed by atoms with E-state index < -0.39 is 18.4 Å². The molecule has 0 saturated heterocycles. The summed E-state index contributed by atoms with van der Waals surface area (Å²) in [7, 11) is 0. The standard InChI is InChI=1S/C17H14O6/c1-12(19)22-17-9-15(23-14-5-3-2-4-6-14)7-8-16(17)21-11-13(20)10-18/h2-10H,11H2,1H3. The molecular formula is C17H14O6. The quantitative estimate of drug-likeness (QED) is 0.338. The lowest BCUT2D eigenvalue weighted by Gasteiger charge is -2.12. The van der Waals surface area contributed by atoms with Crippen LogP contribution in [0.15, 0.2) is 48.5 Å². The molecule has 0 unspecified atom stereocenters. The van der Waals surface area contributed by atoms with Gasteiger partial charge in [-0.25, -0.2) is 0 Å². The first-order valence-electron chi connectivity index (χ1n) is 6.74. The SMILES string of the molecule is CC(=O)Oc1cc(Oc2ccccc2)ccc1OCC(=O)C=O. The predicted molar refractivity (Wildman–Crippen MR) is 80.8 cm³/mol. The van der Waals surface area contributed by atoms with Crippen molar-refractivity contribution in [3.63, 3.8) is 0 Å². The lowest BCUT2D eigenvalue weighted by molar-refractivity contribution is -0.132. The molecule has 0 bridgehead atoms. The van der Waals surface area contributed by atoms with E-state index in [-0.39, 0.29) is 17.8 Å². The summed E-state index contributed by atoms with van der Waals surface area (Å²) in [6.45, 7) is 0.807. The van der Waals surface area contributed by atoms with Gasteiger partial charge in [0.15, 0.2) is 24.4 Å². The number of carbonyl (C=O) groups is 3. The topological polar surface area (TPSA) is 78.9 Å². The molecule has 2 aromatic rings. The minimum absolute atomic E-state index is 0.102. The number of Topliss-reactive ketones (excluding diaryl/α,β-unsaturated/α-hetero) is 1. The molecule has 0 aliphatic carbocycles. The third-order valence-electron chi connectivity index (χ3n) is 2.65. The molecule has 2 aromatic carbocycles. The van der Waals surface area contributed by atoms with Crippen LogP contribution in [-0.4, -0.2) is 24.6 Å². The Morgan fingerprint density at radius 3 is 2.39 bits per heavy atom. The Balaban J connectivity index is 2.20. The van der Waals surface area contributed by atoms with E-state index >= 15 is 0 Å². The third kappa shape index (κ3) is 4.96. The number of carbonyl (C=O) groups excluding carboxylic acids is 3. The molecule has 0 heterocycles. The molecule has 0 saturated carbocycles. The summed E-state index contributed by atoms with van der Waals surface area (Å²) < 4.78 is 15.9. The van der Waals surface area contributed by atoms with Crippen molar-refractivity contribution in [2.45, 2.75) is 6.92 Å². The number of ether oxygens (including phenoxy) is 3. The Kier molecular flexibility index (Phi) is 5.46. The fourth-order valence-corrected chi connectivity index (χ4v) is 1.71. The number of para-hydroxylation sites is 1. The van der Waals surface area contributed by atoms with Gasteiger partial charge in [0.2, 0.25) is 5.78 Å². The Hall–Kier alpha value is -3.15. The first-order valence-corrected chi connectivity index (χ1v) is 6.74. The second-order valence-corrected chi connectivity index (χ2v) is 4.49. The number of hydrogen-bond acceptors (Lipinski definition) is 6. The molecule has 0 fully saturated rings. The number of rotatable bonds is 7. The fraction of sp³-hybridized carbons (Fsp3) is 0.118. The van der Waals surface area contributed by atoms with Crippen molar-refractivity contribution in [3.05, 3.63) is 48.5 Å². The van der Waals surface area contributed by atoms with E-state index in [1.807, 2.05) is 18.2 Å². The minimum Gasteiger partial charge on any atom is -0.481 e. The molecule has 0 aliphatic heterocycles. The van der Waals surface area contributed by atoms with E-state index in [0.29, 0.717) is 11.5 Å². The molecule has 6 heteroatoms. The Bertz CT molecular complexity index is 708. The van der Waals surface area contributed by atoms with Crippen LogP contribution in [0.1, 0.15) is 6.92 Å². The van der Waals surface area contributed by atoms with Crippen molar-refractivity contribution >= 4 is 18.0 Å². The van der Waals surface area contributed by atoms with E-state index in [1.165, 1.54) is 19.1 Å². The van der Waals surface area contributed by atoms with Gasteiger partial charge >= 0.3 is 5.97 Å². The molecule has 0 aliphatic rings. The van der Waals surface area contributed by atoms with Crippen LogP contribution in [0.25, 0.3) is 0 Å². The largest absolute Gasteiger partial charge is 0.481 e. The van der Waals surface area contributed by atoms with Gasteiger partial charge in [0.25, 0.3) is 0 Å². The maximum Gasteiger partial charge on any atom is 0.308 e. The Morgan fingerprint density at radius 1 is 1.00 bits per heavy atom. The van der Waals surface area contributed by atoms with Crippen molar-refractivity contribution in [1.82, 2.24) is 0 Å². The third-order valence-corrected chi connectivity index (χ3v) is 2.65. The number of ketones is 1. The van der Waals surface area contributed by atoms with Gasteiger partial charge in [-0.2, -0.15) is 0 Å². The van der Waals surface area contributed by atoms with Crippen LogP contribution in [-0.2, 0) is 14.4 Å². The van der Waals surface area contributed by atoms with Crippen molar-refractivity contribution in [2.24, 2.45) is 0 Å². The van der Waals surface area contributed by atoms with Gasteiger partial charge in [-0.1, -0.05) is 18.2 Å². The number of aldehydes is 1. The molecular weight excluding hydrogens is 300 g/mol. The molecule has 0 radical (unpaired) electrons. The van der Waals surface area contributed by atoms with Crippen LogP contribution in [0.4, 0.5) is 0 Å². The van der Waals surface area contributed by atoms with E-state index in [9.17, 15) is 14.4 Å². The smallest absolute Gasteiger partial charge is 0.308 e. The van der Waals surface area contributed by atoms with Crippen LogP contribution < -0.4 is 14.2 Å². The monoisotopic (exact) mass is 314 g/mol. The number of benzene rings is 2. The average Bonchev–Trinajstić information content (AvgIpc) is 2.54. The Labute approximate surface area is 132 Å². The lowest BCUT2D eigenvalue weighted by Crippen LogP contribution is -2.13. The summed E-state index contributed by atoms with van der Waals surface area (Å²) in [5, 5.41) is 0. The van der Waals surface area contributed by atoms with Crippen molar-refractivity contribution in [1.29, 1.82) is 0 Å².